The Balaban J connectivity index is 2.93. The van der Waals surface area contributed by atoms with Crippen molar-refractivity contribution in [3.05, 3.63) is 58.4 Å². The predicted molar refractivity (Wildman–Crippen MR) is 64.0 cm³/mol. The maximum atomic E-state index is 13.8. The molecular weight excluding hydrogens is 311 g/mol. The van der Waals surface area contributed by atoms with Crippen LogP contribution < -0.4 is 0 Å². The first-order valence-electron chi connectivity index (χ1n) is 5.64. The maximum Gasteiger partial charge on any atom is 0.336 e. The van der Waals surface area contributed by atoms with Crippen LogP contribution in [0, 0.1) is 29.1 Å². The average Bonchev–Trinajstić information content (AvgIpc) is 2.50. The van der Waals surface area contributed by atoms with Gasteiger partial charge in [-0.2, -0.15) is 0 Å². The van der Waals surface area contributed by atoms with Crippen LogP contribution in [0.1, 0.15) is 20.7 Å². The van der Waals surface area contributed by atoms with Crippen molar-refractivity contribution in [2.45, 2.75) is 0 Å². The zero-order chi connectivity index (χ0) is 16.6. The Morgan fingerprint density at radius 2 is 1.41 bits per heavy atom. The van der Waals surface area contributed by atoms with E-state index in [1.807, 2.05) is 0 Å². The van der Waals surface area contributed by atoms with Crippen LogP contribution in [0.4, 0.5) is 22.0 Å². The fourth-order valence-electron chi connectivity index (χ4n) is 1.87. The SMILES string of the molecule is O=Cc1ccc(C(=O)O)c(-c2c(F)c(F)c(F)c(F)c2F)c1. The standard InChI is InChI=1S/C14H5F5O3/c15-9-8(10(16)12(18)13(19)11(9)17)7-3-5(4-20)1-2-6(7)14(21)22/h1-4H,(H,21,22). The molecule has 2 aromatic rings. The number of carboxylic acids is 1. The van der Waals surface area contributed by atoms with Crippen molar-refractivity contribution >= 4 is 12.3 Å². The molecule has 0 fully saturated rings. The Morgan fingerprint density at radius 1 is 0.909 bits per heavy atom. The number of hydrogen-bond donors (Lipinski definition) is 1. The molecule has 0 unspecified atom stereocenters. The molecule has 0 aromatic heterocycles. The summed E-state index contributed by atoms with van der Waals surface area (Å²) in [5, 5.41) is 8.97. The van der Waals surface area contributed by atoms with Crippen molar-refractivity contribution in [1.29, 1.82) is 0 Å². The van der Waals surface area contributed by atoms with E-state index in [9.17, 15) is 31.5 Å². The number of carbonyl (C=O) groups is 2. The Hall–Kier alpha value is -2.77. The molecule has 0 saturated carbocycles. The molecule has 1 N–H and O–H groups in total. The fraction of sp³-hybridized carbons (Fsp3) is 0. The van der Waals surface area contributed by atoms with Crippen LogP contribution in [0.3, 0.4) is 0 Å². The van der Waals surface area contributed by atoms with E-state index in [0.717, 1.165) is 18.2 Å². The highest BCUT2D eigenvalue weighted by Crippen LogP contribution is 2.34. The molecule has 0 heterocycles. The van der Waals surface area contributed by atoms with Gasteiger partial charge in [-0.1, -0.05) is 6.07 Å². The molecule has 0 bridgehead atoms. The van der Waals surface area contributed by atoms with Gasteiger partial charge in [-0.15, -0.1) is 0 Å². The second kappa shape index (κ2) is 5.55. The smallest absolute Gasteiger partial charge is 0.336 e. The van der Waals surface area contributed by atoms with Crippen LogP contribution in [0.5, 0.6) is 0 Å². The molecule has 0 aliphatic carbocycles. The van der Waals surface area contributed by atoms with Gasteiger partial charge in [0.1, 0.15) is 6.29 Å². The Bertz CT molecular complexity index is 773. The molecular formula is C14H5F5O3. The van der Waals surface area contributed by atoms with Crippen molar-refractivity contribution in [3.63, 3.8) is 0 Å². The van der Waals surface area contributed by atoms with Gasteiger partial charge in [0.2, 0.25) is 5.82 Å². The average molecular weight is 316 g/mol. The normalized spacial score (nSPS) is 10.6. The van der Waals surface area contributed by atoms with E-state index in [-0.39, 0.29) is 11.8 Å². The van der Waals surface area contributed by atoms with Crippen molar-refractivity contribution in [1.82, 2.24) is 0 Å². The van der Waals surface area contributed by atoms with E-state index >= 15 is 0 Å². The summed E-state index contributed by atoms with van der Waals surface area (Å²) in [6.45, 7) is 0. The Labute approximate surface area is 119 Å². The van der Waals surface area contributed by atoms with Crippen molar-refractivity contribution in [2.24, 2.45) is 0 Å². The van der Waals surface area contributed by atoms with E-state index in [4.69, 9.17) is 5.11 Å². The molecule has 0 aliphatic rings. The van der Waals surface area contributed by atoms with E-state index in [1.54, 1.807) is 0 Å². The number of hydrogen-bond acceptors (Lipinski definition) is 2. The third-order valence-corrected chi connectivity index (χ3v) is 2.89. The number of halogens is 5. The molecule has 0 atom stereocenters. The lowest BCUT2D eigenvalue weighted by Crippen LogP contribution is -2.08. The largest absolute Gasteiger partial charge is 0.478 e. The van der Waals surface area contributed by atoms with Gasteiger partial charge in [0.25, 0.3) is 0 Å². The molecule has 2 rings (SSSR count). The van der Waals surface area contributed by atoms with Gasteiger partial charge in [-0.3, -0.25) is 4.79 Å². The highest BCUT2D eigenvalue weighted by Gasteiger charge is 2.29. The van der Waals surface area contributed by atoms with E-state index in [1.165, 1.54) is 0 Å². The van der Waals surface area contributed by atoms with Gasteiger partial charge in [-0.05, 0) is 12.1 Å². The third-order valence-electron chi connectivity index (χ3n) is 2.89. The van der Waals surface area contributed by atoms with Crippen LogP contribution in [0.25, 0.3) is 11.1 Å². The molecule has 0 spiro atoms. The zero-order valence-corrected chi connectivity index (χ0v) is 10.5. The minimum Gasteiger partial charge on any atom is -0.478 e. The number of carboxylic acid groups (broad SMARTS) is 1. The molecule has 3 nitrogen and oxygen atoms in total. The quantitative estimate of drug-likeness (QED) is 0.408. The maximum absolute atomic E-state index is 13.8. The number of benzene rings is 2. The fourth-order valence-corrected chi connectivity index (χ4v) is 1.87. The Morgan fingerprint density at radius 3 is 1.86 bits per heavy atom. The van der Waals surface area contributed by atoms with E-state index < -0.39 is 51.7 Å². The lowest BCUT2D eigenvalue weighted by molar-refractivity contribution is 0.0697. The van der Waals surface area contributed by atoms with Crippen LogP contribution in [-0.2, 0) is 0 Å². The first-order valence-corrected chi connectivity index (χ1v) is 5.64. The topological polar surface area (TPSA) is 54.4 Å². The number of aromatic carboxylic acids is 1. The number of carbonyl (C=O) groups excluding carboxylic acids is 1. The molecule has 0 saturated heterocycles. The first-order chi connectivity index (χ1) is 10.3. The molecule has 0 aliphatic heterocycles. The summed E-state index contributed by atoms with van der Waals surface area (Å²) in [5.74, 6) is -12.8. The molecule has 0 radical (unpaired) electrons. The second-order valence-corrected chi connectivity index (χ2v) is 4.17. The highest BCUT2D eigenvalue weighted by atomic mass is 19.2. The van der Waals surface area contributed by atoms with Gasteiger partial charge in [0, 0.05) is 11.1 Å². The molecule has 0 amide bonds. The van der Waals surface area contributed by atoms with Crippen LogP contribution in [0.15, 0.2) is 18.2 Å². The summed E-state index contributed by atoms with van der Waals surface area (Å²) in [7, 11) is 0. The highest BCUT2D eigenvalue weighted by molar-refractivity contribution is 5.97. The van der Waals surface area contributed by atoms with E-state index in [2.05, 4.69) is 0 Å². The van der Waals surface area contributed by atoms with Crippen LogP contribution in [-0.4, -0.2) is 17.4 Å². The third kappa shape index (κ3) is 2.32. The minimum absolute atomic E-state index is 0.191. The summed E-state index contributed by atoms with van der Waals surface area (Å²) < 4.78 is 67.0. The molecule has 2 aromatic carbocycles. The zero-order valence-electron chi connectivity index (χ0n) is 10.5. The van der Waals surface area contributed by atoms with Crippen LogP contribution in [0.2, 0.25) is 0 Å². The van der Waals surface area contributed by atoms with Crippen LogP contribution >= 0.6 is 0 Å². The monoisotopic (exact) mass is 316 g/mol. The second-order valence-electron chi connectivity index (χ2n) is 4.17. The summed E-state index contributed by atoms with van der Waals surface area (Å²) in [6, 6.07) is 2.60. The van der Waals surface area contributed by atoms with Crippen molar-refractivity contribution in [2.75, 3.05) is 0 Å². The van der Waals surface area contributed by atoms with Gasteiger partial charge in [0.15, 0.2) is 23.3 Å². The lowest BCUT2D eigenvalue weighted by atomic mass is 9.96. The van der Waals surface area contributed by atoms with E-state index in [0.29, 0.717) is 0 Å². The molecule has 8 heteroatoms. The lowest BCUT2D eigenvalue weighted by Gasteiger charge is -2.11. The van der Waals surface area contributed by atoms with Gasteiger partial charge < -0.3 is 5.11 Å². The van der Waals surface area contributed by atoms with Crippen molar-refractivity contribution in [3.8, 4) is 11.1 Å². The van der Waals surface area contributed by atoms with Gasteiger partial charge in [-0.25, -0.2) is 26.7 Å². The molecule has 22 heavy (non-hydrogen) atoms. The predicted octanol–water partition coefficient (Wildman–Crippen LogP) is 3.56. The summed E-state index contributed by atoms with van der Waals surface area (Å²) >= 11 is 0. The minimum atomic E-state index is -2.36. The summed E-state index contributed by atoms with van der Waals surface area (Å²) in [6.07, 6.45) is 0.237. The first kappa shape index (κ1) is 15.6. The Kier molecular flexibility index (Phi) is 3.94. The summed E-state index contributed by atoms with van der Waals surface area (Å²) in [5.41, 5.74) is -3.10. The summed E-state index contributed by atoms with van der Waals surface area (Å²) in [4.78, 5) is 21.7. The number of aldehydes is 1. The van der Waals surface area contributed by atoms with Crippen molar-refractivity contribution < 1.29 is 36.6 Å². The van der Waals surface area contributed by atoms with Gasteiger partial charge >= 0.3 is 5.97 Å². The van der Waals surface area contributed by atoms with Gasteiger partial charge in [0.05, 0.1) is 11.1 Å². The number of rotatable bonds is 3. The molecule has 114 valence electrons.